The minimum Gasteiger partial charge on any atom is -0.350 e. The fraction of sp³-hybridized carbons (Fsp3) is 0.333. The summed E-state index contributed by atoms with van der Waals surface area (Å²) in [6.07, 6.45) is 2.54. The number of fused-ring (bicyclic) bond motifs is 1. The molecular weight excluding hydrogens is 259 g/mol. The van der Waals surface area contributed by atoms with Crippen LogP contribution in [-0.4, -0.2) is 34.2 Å². The van der Waals surface area contributed by atoms with E-state index in [9.17, 15) is 14.0 Å². The molecule has 1 amide bonds. The fourth-order valence-corrected chi connectivity index (χ4v) is 2.66. The zero-order chi connectivity index (χ0) is 14.3. The molecule has 0 aliphatic carbocycles. The molecule has 0 bridgehead atoms. The van der Waals surface area contributed by atoms with E-state index in [-0.39, 0.29) is 17.5 Å². The number of aromatic nitrogens is 1. The number of aryl methyl sites for hydroxylation is 1. The lowest BCUT2D eigenvalue weighted by molar-refractivity contribution is -0.120. The molecule has 0 unspecified atom stereocenters. The largest absolute Gasteiger partial charge is 0.350 e. The molecule has 104 valence electrons. The van der Waals surface area contributed by atoms with Gasteiger partial charge in [0, 0.05) is 50.1 Å². The number of halogens is 1. The molecule has 1 aliphatic heterocycles. The van der Waals surface area contributed by atoms with Gasteiger partial charge in [0.05, 0.1) is 5.56 Å². The minimum atomic E-state index is -0.355. The fourth-order valence-electron chi connectivity index (χ4n) is 2.66. The molecule has 1 aromatic carbocycles. The zero-order valence-electron chi connectivity index (χ0n) is 11.2. The minimum absolute atomic E-state index is 0.131. The van der Waals surface area contributed by atoms with Crippen LogP contribution in [0.1, 0.15) is 23.2 Å². The number of hydrogen-bond donors (Lipinski definition) is 0. The second-order valence-corrected chi connectivity index (χ2v) is 5.15. The van der Waals surface area contributed by atoms with Gasteiger partial charge in [0.1, 0.15) is 11.6 Å². The normalized spacial score (nSPS) is 15.9. The molecule has 5 heteroatoms. The summed E-state index contributed by atoms with van der Waals surface area (Å²) in [5.41, 5.74) is 1.32. The van der Waals surface area contributed by atoms with E-state index in [4.69, 9.17) is 0 Å². The van der Waals surface area contributed by atoms with Crippen LogP contribution in [0.5, 0.6) is 0 Å². The van der Waals surface area contributed by atoms with E-state index in [1.807, 2.05) is 11.6 Å². The highest BCUT2D eigenvalue weighted by molar-refractivity contribution is 6.07. The number of ketones is 1. The van der Waals surface area contributed by atoms with Crippen LogP contribution in [0.4, 0.5) is 4.39 Å². The average Bonchev–Trinajstić information content (AvgIpc) is 2.75. The van der Waals surface area contributed by atoms with Gasteiger partial charge >= 0.3 is 0 Å². The Morgan fingerprint density at radius 1 is 1.25 bits per heavy atom. The molecule has 20 heavy (non-hydrogen) atoms. The Bertz CT molecular complexity index is 695. The third-order valence-corrected chi connectivity index (χ3v) is 3.79. The summed E-state index contributed by atoms with van der Waals surface area (Å²) in [5.74, 6) is -0.293. The van der Waals surface area contributed by atoms with E-state index in [2.05, 4.69) is 0 Å². The summed E-state index contributed by atoms with van der Waals surface area (Å²) in [6.45, 7) is 0.896. The van der Waals surface area contributed by atoms with Crippen molar-refractivity contribution in [3.63, 3.8) is 0 Å². The highest BCUT2D eigenvalue weighted by Crippen LogP contribution is 2.24. The van der Waals surface area contributed by atoms with Crippen molar-refractivity contribution in [2.24, 2.45) is 7.05 Å². The molecule has 4 nitrogen and oxygen atoms in total. The molecular formula is C15H15FN2O2. The number of rotatable bonds is 1. The smallest absolute Gasteiger partial charge is 0.256 e. The van der Waals surface area contributed by atoms with Crippen LogP contribution in [0, 0.1) is 5.82 Å². The van der Waals surface area contributed by atoms with Crippen molar-refractivity contribution < 1.29 is 14.0 Å². The Morgan fingerprint density at radius 3 is 2.65 bits per heavy atom. The number of amides is 1. The van der Waals surface area contributed by atoms with Gasteiger partial charge in [-0.25, -0.2) is 4.39 Å². The second-order valence-electron chi connectivity index (χ2n) is 5.15. The summed E-state index contributed by atoms with van der Waals surface area (Å²) in [4.78, 5) is 25.4. The summed E-state index contributed by atoms with van der Waals surface area (Å²) >= 11 is 0. The van der Waals surface area contributed by atoms with Crippen molar-refractivity contribution in [3.05, 3.63) is 35.8 Å². The van der Waals surface area contributed by atoms with E-state index >= 15 is 0 Å². The number of carbonyl (C=O) groups excluding carboxylic acids is 2. The molecule has 1 saturated heterocycles. The van der Waals surface area contributed by atoms with Crippen molar-refractivity contribution in [2.45, 2.75) is 12.8 Å². The van der Waals surface area contributed by atoms with Crippen LogP contribution >= 0.6 is 0 Å². The maximum Gasteiger partial charge on any atom is 0.256 e. The first kappa shape index (κ1) is 12.8. The number of hydrogen-bond acceptors (Lipinski definition) is 2. The van der Waals surface area contributed by atoms with Gasteiger partial charge in [-0.05, 0) is 18.2 Å². The van der Waals surface area contributed by atoms with E-state index in [1.165, 1.54) is 12.1 Å². The lowest BCUT2D eigenvalue weighted by Gasteiger charge is -2.25. The van der Waals surface area contributed by atoms with Crippen molar-refractivity contribution in [1.29, 1.82) is 0 Å². The maximum atomic E-state index is 13.4. The highest BCUT2D eigenvalue weighted by Gasteiger charge is 2.24. The number of carbonyl (C=O) groups is 2. The predicted molar refractivity (Wildman–Crippen MR) is 73.0 cm³/mol. The van der Waals surface area contributed by atoms with Gasteiger partial charge in [0.15, 0.2) is 0 Å². The topological polar surface area (TPSA) is 42.3 Å². The second kappa shape index (κ2) is 4.74. The number of benzene rings is 1. The molecule has 1 fully saturated rings. The summed E-state index contributed by atoms with van der Waals surface area (Å²) in [7, 11) is 1.83. The zero-order valence-corrected chi connectivity index (χ0v) is 11.2. The lowest BCUT2D eigenvalue weighted by Crippen LogP contribution is -2.38. The van der Waals surface area contributed by atoms with Crippen molar-refractivity contribution in [2.75, 3.05) is 13.1 Å². The number of likely N-dealkylation sites (tertiary alicyclic amines) is 1. The summed E-state index contributed by atoms with van der Waals surface area (Å²) in [6, 6.07) is 4.44. The van der Waals surface area contributed by atoms with E-state index in [0.717, 1.165) is 5.52 Å². The monoisotopic (exact) mass is 274 g/mol. The molecule has 2 aromatic rings. The summed E-state index contributed by atoms with van der Waals surface area (Å²) in [5, 5.41) is 0.620. The van der Waals surface area contributed by atoms with E-state index in [1.54, 1.807) is 17.2 Å². The predicted octanol–water partition coefficient (Wildman–Crippen LogP) is 2.12. The van der Waals surface area contributed by atoms with Gasteiger partial charge in [-0.3, -0.25) is 9.59 Å². The van der Waals surface area contributed by atoms with Gasteiger partial charge in [-0.1, -0.05) is 0 Å². The quantitative estimate of drug-likeness (QED) is 0.799. The Morgan fingerprint density at radius 2 is 1.95 bits per heavy atom. The maximum absolute atomic E-state index is 13.4. The molecule has 2 heterocycles. The SMILES string of the molecule is Cn1cc(C(=O)N2CCC(=O)CC2)c2cc(F)ccc21. The van der Waals surface area contributed by atoms with Crippen LogP contribution in [0.25, 0.3) is 10.9 Å². The third kappa shape index (κ3) is 2.09. The lowest BCUT2D eigenvalue weighted by atomic mass is 10.1. The number of nitrogens with zero attached hydrogens (tertiary/aromatic N) is 2. The van der Waals surface area contributed by atoms with Crippen molar-refractivity contribution in [1.82, 2.24) is 9.47 Å². The molecule has 0 atom stereocenters. The number of Topliss-reactive ketones (excluding diaryl/α,β-unsaturated/α-hetero) is 1. The Labute approximate surface area is 115 Å². The van der Waals surface area contributed by atoms with Gasteiger partial charge in [0.2, 0.25) is 0 Å². The molecule has 1 aliphatic rings. The first-order valence-electron chi connectivity index (χ1n) is 6.62. The molecule has 0 N–H and O–H groups in total. The van der Waals surface area contributed by atoms with Crippen LogP contribution in [0.15, 0.2) is 24.4 Å². The van der Waals surface area contributed by atoms with Crippen LogP contribution < -0.4 is 0 Å². The highest BCUT2D eigenvalue weighted by atomic mass is 19.1. The molecule has 0 spiro atoms. The van der Waals surface area contributed by atoms with Gasteiger partial charge in [-0.15, -0.1) is 0 Å². The van der Waals surface area contributed by atoms with Crippen molar-refractivity contribution >= 4 is 22.6 Å². The first-order valence-corrected chi connectivity index (χ1v) is 6.62. The Hall–Kier alpha value is -2.17. The van der Waals surface area contributed by atoms with Crippen LogP contribution in [0.3, 0.4) is 0 Å². The Kier molecular flexibility index (Phi) is 3.04. The number of piperidine rings is 1. The molecule has 3 rings (SSSR count). The first-order chi connectivity index (χ1) is 9.56. The van der Waals surface area contributed by atoms with Gasteiger partial charge in [-0.2, -0.15) is 0 Å². The molecule has 0 saturated carbocycles. The molecule has 0 radical (unpaired) electrons. The van der Waals surface area contributed by atoms with Gasteiger partial charge < -0.3 is 9.47 Å². The van der Waals surface area contributed by atoms with Crippen molar-refractivity contribution in [3.8, 4) is 0 Å². The average molecular weight is 274 g/mol. The standard InChI is InChI=1S/C15H15FN2O2/c1-17-9-13(12-8-10(16)2-3-14(12)17)15(20)18-6-4-11(19)5-7-18/h2-3,8-9H,4-7H2,1H3. The van der Waals surface area contributed by atoms with E-state index in [0.29, 0.717) is 36.9 Å². The summed E-state index contributed by atoms with van der Waals surface area (Å²) < 4.78 is 15.2. The van der Waals surface area contributed by atoms with E-state index < -0.39 is 0 Å². The Balaban J connectivity index is 1.99. The van der Waals surface area contributed by atoms with Crippen LogP contribution in [0.2, 0.25) is 0 Å². The van der Waals surface area contributed by atoms with Crippen LogP contribution in [-0.2, 0) is 11.8 Å². The van der Waals surface area contributed by atoms with Gasteiger partial charge in [0.25, 0.3) is 5.91 Å². The molecule has 1 aromatic heterocycles. The third-order valence-electron chi connectivity index (χ3n) is 3.79.